The summed E-state index contributed by atoms with van der Waals surface area (Å²) in [4.78, 5) is 13.4. The van der Waals surface area contributed by atoms with Crippen LogP contribution >= 0.6 is 0 Å². The van der Waals surface area contributed by atoms with Crippen LogP contribution in [-0.4, -0.2) is 31.6 Å². The van der Waals surface area contributed by atoms with E-state index in [-0.39, 0.29) is 11.9 Å². The third-order valence-corrected chi connectivity index (χ3v) is 2.90. The van der Waals surface area contributed by atoms with Gasteiger partial charge in [-0.2, -0.15) is 0 Å². The lowest BCUT2D eigenvalue weighted by molar-refractivity contribution is -0.145. The van der Waals surface area contributed by atoms with Crippen LogP contribution in [-0.2, 0) is 22.6 Å². The second-order valence-corrected chi connectivity index (χ2v) is 4.64. The summed E-state index contributed by atoms with van der Waals surface area (Å²) in [5.74, 6) is -0.274. The molecule has 0 aromatic heterocycles. The Hall–Kier alpha value is -1.39. The highest BCUT2D eigenvalue weighted by Gasteiger charge is 2.15. The molecule has 1 aromatic rings. The number of nitrogens with zero attached hydrogens (tertiary/aromatic N) is 1. The molecule has 2 N–H and O–H groups in total. The zero-order valence-corrected chi connectivity index (χ0v) is 11.3. The zero-order chi connectivity index (χ0) is 13.5. The first-order chi connectivity index (χ1) is 8.56. The predicted molar refractivity (Wildman–Crippen MR) is 71.8 cm³/mol. The van der Waals surface area contributed by atoms with E-state index in [1.807, 2.05) is 26.1 Å². The van der Waals surface area contributed by atoms with E-state index in [4.69, 9.17) is 10.5 Å². The lowest BCUT2D eigenvalue weighted by Gasteiger charge is -2.20. The zero-order valence-electron chi connectivity index (χ0n) is 11.3. The van der Waals surface area contributed by atoms with Crippen molar-refractivity contribution in [2.24, 2.45) is 11.7 Å². The number of benzene rings is 1. The van der Waals surface area contributed by atoms with Crippen LogP contribution in [0.5, 0.6) is 0 Å². The smallest absolute Gasteiger partial charge is 0.309 e. The van der Waals surface area contributed by atoms with Gasteiger partial charge in [0.05, 0.1) is 13.0 Å². The third kappa shape index (κ3) is 4.47. The number of carbonyl (C=O) groups is 1. The van der Waals surface area contributed by atoms with Crippen molar-refractivity contribution in [2.45, 2.75) is 20.0 Å². The summed E-state index contributed by atoms with van der Waals surface area (Å²) in [6, 6.07) is 8.21. The lowest BCUT2D eigenvalue weighted by atomic mass is 10.1. The van der Waals surface area contributed by atoms with Crippen LogP contribution in [0.3, 0.4) is 0 Å². The normalized spacial score (nSPS) is 12.5. The maximum atomic E-state index is 11.3. The van der Waals surface area contributed by atoms with E-state index >= 15 is 0 Å². The van der Waals surface area contributed by atoms with Gasteiger partial charge in [0.2, 0.25) is 0 Å². The standard InChI is InChI=1S/C14H22N2O2/c1-11(14(17)18-3)9-16(2)10-13-6-4-12(8-15)5-7-13/h4-7,11H,8-10,15H2,1-3H3. The summed E-state index contributed by atoms with van der Waals surface area (Å²) in [6.45, 7) is 3.94. The molecule has 0 aliphatic rings. The maximum Gasteiger partial charge on any atom is 0.309 e. The third-order valence-electron chi connectivity index (χ3n) is 2.90. The summed E-state index contributed by atoms with van der Waals surface area (Å²) in [6.07, 6.45) is 0. The van der Waals surface area contributed by atoms with Gasteiger partial charge in [-0.25, -0.2) is 0 Å². The fourth-order valence-electron chi connectivity index (χ4n) is 1.90. The number of rotatable bonds is 6. The molecule has 18 heavy (non-hydrogen) atoms. The SMILES string of the molecule is COC(=O)C(C)CN(C)Cc1ccc(CN)cc1. The molecule has 0 saturated heterocycles. The first-order valence-corrected chi connectivity index (χ1v) is 6.11. The van der Waals surface area contributed by atoms with Gasteiger partial charge in [0.1, 0.15) is 0 Å². The molecule has 1 aromatic carbocycles. The van der Waals surface area contributed by atoms with E-state index < -0.39 is 0 Å². The largest absolute Gasteiger partial charge is 0.469 e. The Morgan fingerprint density at radius 1 is 1.33 bits per heavy atom. The van der Waals surface area contributed by atoms with Crippen LogP contribution in [0.1, 0.15) is 18.1 Å². The molecule has 0 saturated carbocycles. The molecule has 100 valence electrons. The highest BCUT2D eigenvalue weighted by atomic mass is 16.5. The number of carbonyl (C=O) groups excluding carboxylic acids is 1. The van der Waals surface area contributed by atoms with E-state index in [1.54, 1.807) is 0 Å². The van der Waals surface area contributed by atoms with Crippen LogP contribution in [0.4, 0.5) is 0 Å². The van der Waals surface area contributed by atoms with Gasteiger partial charge in [0, 0.05) is 19.6 Å². The minimum Gasteiger partial charge on any atom is -0.469 e. The molecule has 0 fully saturated rings. The number of methoxy groups -OCH3 is 1. The van der Waals surface area contributed by atoms with E-state index in [2.05, 4.69) is 17.0 Å². The molecule has 0 aliphatic carbocycles. The molecule has 4 nitrogen and oxygen atoms in total. The number of nitrogens with two attached hydrogens (primary N) is 1. The Morgan fingerprint density at radius 3 is 2.39 bits per heavy atom. The van der Waals surface area contributed by atoms with E-state index in [0.29, 0.717) is 13.1 Å². The van der Waals surface area contributed by atoms with E-state index in [9.17, 15) is 4.79 Å². The van der Waals surface area contributed by atoms with Gasteiger partial charge in [-0.15, -0.1) is 0 Å². The van der Waals surface area contributed by atoms with Crippen LogP contribution in [0.25, 0.3) is 0 Å². The second-order valence-electron chi connectivity index (χ2n) is 4.64. The van der Waals surface area contributed by atoms with Gasteiger partial charge in [0.25, 0.3) is 0 Å². The van der Waals surface area contributed by atoms with Crippen LogP contribution in [0, 0.1) is 5.92 Å². The van der Waals surface area contributed by atoms with Gasteiger partial charge in [-0.05, 0) is 18.2 Å². The number of hydrogen-bond donors (Lipinski definition) is 1. The molecule has 0 bridgehead atoms. The Balaban J connectivity index is 2.48. The first-order valence-electron chi connectivity index (χ1n) is 6.11. The fraction of sp³-hybridized carbons (Fsp3) is 0.500. The van der Waals surface area contributed by atoms with E-state index in [1.165, 1.54) is 12.7 Å². The first kappa shape index (κ1) is 14.7. The Kier molecular flexibility index (Phi) is 5.82. The van der Waals surface area contributed by atoms with Crippen LogP contribution in [0.15, 0.2) is 24.3 Å². The average Bonchev–Trinajstić information content (AvgIpc) is 2.38. The minimum atomic E-state index is -0.166. The quantitative estimate of drug-likeness (QED) is 0.775. The summed E-state index contributed by atoms with van der Waals surface area (Å²) >= 11 is 0. The molecule has 0 radical (unpaired) electrons. The Labute approximate surface area is 109 Å². The minimum absolute atomic E-state index is 0.108. The summed E-state index contributed by atoms with van der Waals surface area (Å²) < 4.78 is 4.71. The molecule has 4 heteroatoms. The molecular weight excluding hydrogens is 228 g/mol. The molecule has 0 aliphatic heterocycles. The number of esters is 1. The Bertz CT molecular complexity index is 376. The molecule has 0 amide bonds. The summed E-state index contributed by atoms with van der Waals surface area (Å²) in [7, 11) is 3.42. The fourth-order valence-corrected chi connectivity index (χ4v) is 1.90. The van der Waals surface area contributed by atoms with Crippen molar-refractivity contribution in [3.8, 4) is 0 Å². The maximum absolute atomic E-state index is 11.3. The predicted octanol–water partition coefficient (Wildman–Crippen LogP) is 1.39. The highest BCUT2D eigenvalue weighted by molar-refractivity contribution is 5.72. The van der Waals surface area contributed by atoms with Crippen molar-refractivity contribution in [1.29, 1.82) is 0 Å². The van der Waals surface area contributed by atoms with Crippen molar-refractivity contribution in [3.63, 3.8) is 0 Å². The molecule has 1 unspecified atom stereocenters. The molecule has 1 rings (SSSR count). The van der Waals surface area contributed by atoms with Crippen LogP contribution < -0.4 is 5.73 Å². The van der Waals surface area contributed by atoms with Crippen LogP contribution in [0.2, 0.25) is 0 Å². The van der Waals surface area contributed by atoms with Crippen molar-refractivity contribution in [2.75, 3.05) is 20.7 Å². The number of ether oxygens (including phenoxy) is 1. The second kappa shape index (κ2) is 7.13. The van der Waals surface area contributed by atoms with Gasteiger partial charge >= 0.3 is 5.97 Å². The van der Waals surface area contributed by atoms with Gasteiger partial charge in [-0.3, -0.25) is 4.79 Å². The number of hydrogen-bond acceptors (Lipinski definition) is 4. The molecule has 0 heterocycles. The average molecular weight is 250 g/mol. The summed E-state index contributed by atoms with van der Waals surface area (Å²) in [5.41, 5.74) is 7.90. The van der Waals surface area contributed by atoms with Gasteiger partial charge in [-0.1, -0.05) is 31.2 Å². The lowest BCUT2D eigenvalue weighted by Crippen LogP contribution is -2.29. The van der Waals surface area contributed by atoms with Gasteiger partial charge in [0.15, 0.2) is 0 Å². The summed E-state index contributed by atoms with van der Waals surface area (Å²) in [5, 5.41) is 0. The Morgan fingerprint density at radius 2 is 1.89 bits per heavy atom. The van der Waals surface area contributed by atoms with Crippen molar-refractivity contribution < 1.29 is 9.53 Å². The molecule has 0 spiro atoms. The van der Waals surface area contributed by atoms with Gasteiger partial charge < -0.3 is 15.4 Å². The van der Waals surface area contributed by atoms with Crippen molar-refractivity contribution in [1.82, 2.24) is 4.90 Å². The van der Waals surface area contributed by atoms with Crippen molar-refractivity contribution >= 4 is 5.97 Å². The molecule has 1 atom stereocenters. The van der Waals surface area contributed by atoms with Crippen molar-refractivity contribution in [3.05, 3.63) is 35.4 Å². The van der Waals surface area contributed by atoms with E-state index in [0.717, 1.165) is 12.1 Å². The monoisotopic (exact) mass is 250 g/mol. The topological polar surface area (TPSA) is 55.6 Å². The highest BCUT2D eigenvalue weighted by Crippen LogP contribution is 2.08. The molecular formula is C14H22N2O2.